The smallest absolute Gasteiger partial charge is 0.290 e. The van der Waals surface area contributed by atoms with E-state index in [4.69, 9.17) is 13.9 Å². The van der Waals surface area contributed by atoms with E-state index in [1.165, 1.54) is 0 Å². The van der Waals surface area contributed by atoms with Gasteiger partial charge in [-0.05, 0) is 43.9 Å². The van der Waals surface area contributed by atoms with Gasteiger partial charge in [-0.3, -0.25) is 4.79 Å². The Labute approximate surface area is 152 Å². The molecule has 1 aliphatic heterocycles. The molecule has 26 heavy (non-hydrogen) atoms. The third-order valence-electron chi connectivity index (χ3n) is 5.03. The molecule has 138 valence electrons. The van der Waals surface area contributed by atoms with Crippen LogP contribution in [0.15, 0.2) is 46.9 Å². The van der Waals surface area contributed by atoms with Crippen molar-refractivity contribution in [1.29, 1.82) is 0 Å². The number of hydrogen-bond donors (Lipinski definition) is 2. The predicted molar refractivity (Wildman–Crippen MR) is 96.5 cm³/mol. The number of furan rings is 1. The summed E-state index contributed by atoms with van der Waals surface area (Å²) in [4.78, 5) is 12.4. The van der Waals surface area contributed by atoms with Crippen LogP contribution in [0.5, 0.6) is 11.7 Å². The number of carbonyl (C=O) groups excluding carboxylic acids is 1. The first kappa shape index (κ1) is 17.1. The van der Waals surface area contributed by atoms with E-state index in [9.17, 15) is 4.79 Å². The van der Waals surface area contributed by atoms with Crippen LogP contribution in [0.1, 0.15) is 36.2 Å². The lowest BCUT2D eigenvalue weighted by Gasteiger charge is -2.40. The van der Waals surface area contributed by atoms with Crippen LogP contribution < -0.4 is 15.4 Å². The number of rotatable bonds is 6. The van der Waals surface area contributed by atoms with Gasteiger partial charge in [0.25, 0.3) is 11.9 Å². The maximum Gasteiger partial charge on any atom is 0.290 e. The van der Waals surface area contributed by atoms with Crippen LogP contribution in [0.3, 0.4) is 0 Å². The number of carbonyl (C=O) groups is 1. The second kappa shape index (κ2) is 7.93. The summed E-state index contributed by atoms with van der Waals surface area (Å²) in [6.45, 7) is 1.63. The van der Waals surface area contributed by atoms with Crippen LogP contribution in [0, 0.1) is 0 Å². The van der Waals surface area contributed by atoms with Gasteiger partial charge in [0.05, 0.1) is 0 Å². The van der Waals surface area contributed by atoms with Crippen LogP contribution in [-0.4, -0.2) is 37.2 Å². The van der Waals surface area contributed by atoms with Crippen LogP contribution in [0.4, 0.5) is 0 Å². The summed E-state index contributed by atoms with van der Waals surface area (Å²) >= 11 is 0. The van der Waals surface area contributed by atoms with Gasteiger partial charge in [-0.25, -0.2) is 0 Å². The predicted octanol–water partition coefficient (Wildman–Crippen LogP) is 3.10. The number of para-hydroxylation sites is 1. The molecule has 0 radical (unpaired) electrons. The van der Waals surface area contributed by atoms with Crippen LogP contribution >= 0.6 is 0 Å². The highest BCUT2D eigenvalue weighted by Gasteiger charge is 2.34. The average molecular weight is 356 g/mol. The molecule has 1 amide bonds. The molecule has 4 rings (SSSR count). The van der Waals surface area contributed by atoms with Crippen molar-refractivity contribution in [3.8, 4) is 11.7 Å². The number of benzene rings is 1. The van der Waals surface area contributed by atoms with E-state index >= 15 is 0 Å². The summed E-state index contributed by atoms with van der Waals surface area (Å²) in [5.41, 5.74) is 0. The van der Waals surface area contributed by atoms with E-state index in [-0.39, 0.29) is 17.7 Å². The Hall–Kier alpha value is -2.31. The number of nitrogens with one attached hydrogen (secondary N) is 2. The minimum absolute atomic E-state index is 0.147. The molecule has 2 fully saturated rings. The first-order valence-corrected chi connectivity index (χ1v) is 9.25. The number of ether oxygens (including phenoxy) is 2. The molecule has 6 nitrogen and oxygen atoms in total. The molecule has 2 N–H and O–H groups in total. The normalized spacial score (nSPS) is 23.2. The Bertz CT molecular complexity index is 724. The summed E-state index contributed by atoms with van der Waals surface area (Å²) in [5, 5.41) is 6.72. The van der Waals surface area contributed by atoms with Gasteiger partial charge in [0.1, 0.15) is 5.75 Å². The lowest BCUT2D eigenvalue weighted by molar-refractivity contribution is 0.0647. The first-order valence-electron chi connectivity index (χ1n) is 9.25. The zero-order chi connectivity index (χ0) is 17.8. The fourth-order valence-corrected chi connectivity index (χ4v) is 3.38. The molecule has 2 atom stereocenters. The third kappa shape index (κ3) is 4.08. The largest absolute Gasteiger partial charge is 0.426 e. The van der Waals surface area contributed by atoms with Gasteiger partial charge in [0.15, 0.2) is 5.76 Å². The summed E-state index contributed by atoms with van der Waals surface area (Å²) < 4.78 is 16.5. The van der Waals surface area contributed by atoms with Crippen LogP contribution in [-0.2, 0) is 4.74 Å². The topological polar surface area (TPSA) is 72.7 Å². The molecule has 2 aromatic rings. The minimum atomic E-state index is -0.198. The second-order valence-corrected chi connectivity index (χ2v) is 6.85. The standard InChI is InChI=1S/C20H24N2O4/c23-20(18-8-9-19(26-18)25-15-4-2-1-3-5-15)22-17-7-6-16(17)21-14-10-12-24-13-11-14/h1-5,8-9,14,16-17,21H,6-7,10-13H2,(H,22,23)/t16-,17+/m0/s1. The van der Waals surface area contributed by atoms with Gasteiger partial charge in [-0.1, -0.05) is 18.2 Å². The van der Waals surface area contributed by atoms with Crippen molar-refractivity contribution < 1.29 is 18.7 Å². The van der Waals surface area contributed by atoms with Gasteiger partial charge in [0.2, 0.25) is 0 Å². The summed E-state index contributed by atoms with van der Waals surface area (Å²) in [6, 6.07) is 13.6. The molecule has 2 heterocycles. The van der Waals surface area contributed by atoms with Gasteiger partial charge in [-0.2, -0.15) is 0 Å². The zero-order valence-electron chi connectivity index (χ0n) is 14.6. The zero-order valence-corrected chi connectivity index (χ0v) is 14.6. The molecule has 1 saturated heterocycles. The highest BCUT2D eigenvalue weighted by atomic mass is 16.6. The quantitative estimate of drug-likeness (QED) is 0.832. The second-order valence-electron chi connectivity index (χ2n) is 6.85. The van der Waals surface area contributed by atoms with Crippen molar-refractivity contribution in [1.82, 2.24) is 10.6 Å². The van der Waals surface area contributed by atoms with E-state index in [1.54, 1.807) is 12.1 Å². The molecule has 1 aromatic carbocycles. The maximum atomic E-state index is 12.4. The average Bonchev–Trinajstić information content (AvgIpc) is 3.13. The number of hydrogen-bond acceptors (Lipinski definition) is 5. The molecule has 1 aromatic heterocycles. The molecule has 0 bridgehead atoms. The summed E-state index contributed by atoms with van der Waals surface area (Å²) in [6.07, 6.45) is 4.15. The molecular weight excluding hydrogens is 332 g/mol. The summed E-state index contributed by atoms with van der Waals surface area (Å²) in [7, 11) is 0. The van der Waals surface area contributed by atoms with Gasteiger partial charge in [-0.15, -0.1) is 0 Å². The minimum Gasteiger partial charge on any atom is -0.426 e. The molecule has 1 saturated carbocycles. The molecule has 0 unspecified atom stereocenters. The van der Waals surface area contributed by atoms with Crippen molar-refractivity contribution in [3.05, 3.63) is 48.2 Å². The van der Waals surface area contributed by atoms with E-state index in [0.29, 0.717) is 23.8 Å². The summed E-state index contributed by atoms with van der Waals surface area (Å²) in [5.74, 6) is 1.06. The van der Waals surface area contributed by atoms with Crippen LogP contribution in [0.25, 0.3) is 0 Å². The highest BCUT2D eigenvalue weighted by Crippen LogP contribution is 2.25. The lowest BCUT2D eigenvalue weighted by atomic mass is 9.85. The fourth-order valence-electron chi connectivity index (χ4n) is 3.38. The lowest BCUT2D eigenvalue weighted by Crippen LogP contribution is -2.59. The van der Waals surface area contributed by atoms with Gasteiger partial charge < -0.3 is 24.5 Å². The molecule has 2 aliphatic rings. The molecule has 0 spiro atoms. The van der Waals surface area contributed by atoms with Crippen molar-refractivity contribution in [2.75, 3.05) is 13.2 Å². The Balaban J connectivity index is 1.29. The van der Waals surface area contributed by atoms with Gasteiger partial charge in [0, 0.05) is 37.4 Å². The monoisotopic (exact) mass is 356 g/mol. The van der Waals surface area contributed by atoms with Crippen LogP contribution in [0.2, 0.25) is 0 Å². The Morgan fingerprint density at radius 3 is 2.46 bits per heavy atom. The van der Waals surface area contributed by atoms with Crippen molar-refractivity contribution in [2.24, 2.45) is 0 Å². The van der Waals surface area contributed by atoms with E-state index in [1.807, 2.05) is 30.3 Å². The third-order valence-corrected chi connectivity index (χ3v) is 5.03. The first-order chi connectivity index (χ1) is 12.8. The molecule has 1 aliphatic carbocycles. The molecule has 6 heteroatoms. The molecular formula is C20H24N2O4. The Kier molecular flexibility index (Phi) is 5.22. The van der Waals surface area contributed by atoms with Crippen molar-refractivity contribution >= 4 is 5.91 Å². The number of amides is 1. The van der Waals surface area contributed by atoms with Crippen molar-refractivity contribution in [3.63, 3.8) is 0 Å². The highest BCUT2D eigenvalue weighted by molar-refractivity contribution is 5.91. The van der Waals surface area contributed by atoms with E-state index < -0.39 is 0 Å². The Morgan fingerprint density at radius 2 is 1.73 bits per heavy atom. The van der Waals surface area contributed by atoms with E-state index in [2.05, 4.69) is 10.6 Å². The fraction of sp³-hybridized carbons (Fsp3) is 0.450. The van der Waals surface area contributed by atoms with Crippen molar-refractivity contribution in [2.45, 2.75) is 43.8 Å². The Morgan fingerprint density at radius 1 is 0.962 bits per heavy atom. The van der Waals surface area contributed by atoms with Gasteiger partial charge >= 0.3 is 0 Å². The van der Waals surface area contributed by atoms with E-state index in [0.717, 1.165) is 38.9 Å². The maximum absolute atomic E-state index is 12.4. The SMILES string of the molecule is O=C(N[C@@H]1CC[C@@H]1NC1CCOCC1)c1ccc(Oc2ccccc2)o1.